The molecular formula is C14H20BrFN6OS2. The summed E-state index contributed by atoms with van der Waals surface area (Å²) < 4.78 is 33.6. The Morgan fingerprint density at radius 3 is 2.80 bits per heavy atom. The average Bonchev–Trinajstić information content (AvgIpc) is 3.09. The number of hydrogen-bond donors (Lipinski definition) is 4. The first kappa shape index (κ1) is 20.3. The van der Waals surface area contributed by atoms with Crippen LogP contribution in [0.3, 0.4) is 0 Å². The second kappa shape index (κ2) is 10.9. The Bertz CT molecular complexity index is 649. The van der Waals surface area contributed by atoms with E-state index in [1.807, 2.05) is 0 Å². The van der Waals surface area contributed by atoms with Gasteiger partial charge in [-0.15, -0.1) is 0 Å². The van der Waals surface area contributed by atoms with E-state index in [2.05, 4.69) is 40.6 Å². The summed E-state index contributed by atoms with van der Waals surface area (Å²) in [5.41, 5.74) is 6.03. The van der Waals surface area contributed by atoms with Gasteiger partial charge in [0.1, 0.15) is 17.7 Å². The number of benzene rings is 1. The van der Waals surface area contributed by atoms with Gasteiger partial charge in [0.2, 0.25) is 10.0 Å². The van der Waals surface area contributed by atoms with Crippen molar-refractivity contribution >= 4 is 49.6 Å². The summed E-state index contributed by atoms with van der Waals surface area (Å²) in [6, 6.07) is 2.84. The molecule has 1 unspecified atom stereocenters. The zero-order valence-corrected chi connectivity index (χ0v) is 16.6. The topological polar surface area (TPSA) is 111 Å². The fourth-order valence-corrected chi connectivity index (χ4v) is 4.07. The van der Waals surface area contributed by atoms with Gasteiger partial charge in [0, 0.05) is 47.8 Å². The van der Waals surface area contributed by atoms with E-state index in [1.165, 1.54) is 18.5 Å². The van der Waals surface area contributed by atoms with Crippen molar-refractivity contribution in [2.24, 2.45) is 5.73 Å². The Balaban J connectivity index is 1.86. The molecule has 1 heterocycles. The molecule has 0 aliphatic rings. The van der Waals surface area contributed by atoms with Gasteiger partial charge in [0.25, 0.3) is 0 Å². The van der Waals surface area contributed by atoms with Crippen LogP contribution in [0.4, 0.5) is 15.2 Å². The molecule has 25 heavy (non-hydrogen) atoms. The number of unbranched alkanes of at least 4 members (excludes halogenated alkanes) is 1. The standard InChI is InChI=1S/C14H20BrFN6OS2/c15-10-7-13(25(23)22-14-20-9-21-24-14)11(16)8-12(10)19-5-2-1-4-18-6-3-17/h7-9,18-19H,1-6,17H2,(H,20,21,22). The quantitative estimate of drug-likeness (QED) is 0.307. The molecule has 0 radical (unpaired) electrons. The Morgan fingerprint density at radius 2 is 2.08 bits per heavy atom. The number of aromatic nitrogens is 2. The van der Waals surface area contributed by atoms with E-state index in [4.69, 9.17) is 5.73 Å². The summed E-state index contributed by atoms with van der Waals surface area (Å²) in [6.07, 6.45) is 3.29. The summed E-state index contributed by atoms with van der Waals surface area (Å²) >= 11 is 2.70. The molecule has 0 amide bonds. The average molecular weight is 451 g/mol. The molecule has 1 aromatic heterocycles. The predicted molar refractivity (Wildman–Crippen MR) is 104 cm³/mol. The molecule has 7 nitrogen and oxygen atoms in total. The van der Waals surface area contributed by atoms with Crippen LogP contribution in [0.2, 0.25) is 0 Å². The third-order valence-electron chi connectivity index (χ3n) is 3.18. The maximum atomic E-state index is 14.3. The van der Waals surface area contributed by atoms with E-state index in [-0.39, 0.29) is 4.90 Å². The van der Waals surface area contributed by atoms with Crippen LogP contribution in [0.25, 0.3) is 0 Å². The monoisotopic (exact) mass is 450 g/mol. The van der Waals surface area contributed by atoms with Crippen LogP contribution >= 0.6 is 27.5 Å². The summed E-state index contributed by atoms with van der Waals surface area (Å²) in [5, 5.41) is 6.77. The summed E-state index contributed by atoms with van der Waals surface area (Å²) in [7, 11) is 0. The first-order valence-corrected chi connectivity index (χ1v) is 10.4. The molecule has 0 aliphatic carbocycles. The minimum atomic E-state index is -1.75. The molecule has 2 aromatic rings. The highest BCUT2D eigenvalue weighted by Crippen LogP contribution is 2.29. The van der Waals surface area contributed by atoms with Crippen LogP contribution in [-0.4, -0.2) is 40.1 Å². The van der Waals surface area contributed by atoms with Crippen LogP contribution in [0, 0.1) is 5.82 Å². The lowest BCUT2D eigenvalue weighted by molar-refractivity contribution is 0.569. The molecule has 1 aromatic carbocycles. The number of rotatable bonds is 11. The Kier molecular flexibility index (Phi) is 8.85. The van der Waals surface area contributed by atoms with E-state index >= 15 is 0 Å². The molecule has 11 heteroatoms. The Morgan fingerprint density at radius 1 is 1.28 bits per heavy atom. The molecule has 0 saturated carbocycles. The van der Waals surface area contributed by atoms with Gasteiger partial charge in [-0.1, -0.05) is 0 Å². The Hall–Kier alpha value is -0.980. The van der Waals surface area contributed by atoms with Crippen LogP contribution < -0.4 is 21.1 Å². The van der Waals surface area contributed by atoms with Gasteiger partial charge in [-0.25, -0.2) is 9.37 Å². The Labute approximate surface area is 161 Å². The number of halogens is 2. The number of nitrogens with two attached hydrogens (primary N) is 1. The zero-order valence-electron chi connectivity index (χ0n) is 13.4. The molecule has 0 saturated heterocycles. The van der Waals surface area contributed by atoms with E-state index in [9.17, 15) is 8.94 Å². The molecule has 5 N–H and O–H groups in total. The number of nitrogens with one attached hydrogen (secondary N) is 3. The van der Waals surface area contributed by atoms with E-state index in [1.54, 1.807) is 0 Å². The molecular weight excluding hydrogens is 431 g/mol. The maximum Gasteiger partial charge on any atom is 0.245 e. The molecule has 138 valence electrons. The fraction of sp³-hybridized carbons (Fsp3) is 0.429. The summed E-state index contributed by atoms with van der Waals surface area (Å²) in [5.74, 6) is -0.550. The van der Waals surface area contributed by atoms with Crippen molar-refractivity contribution in [1.29, 1.82) is 0 Å². The van der Waals surface area contributed by atoms with Crippen molar-refractivity contribution in [2.75, 3.05) is 36.2 Å². The third-order valence-corrected chi connectivity index (χ3v) is 5.64. The van der Waals surface area contributed by atoms with Crippen molar-refractivity contribution in [3.8, 4) is 0 Å². The van der Waals surface area contributed by atoms with Crippen LogP contribution in [0.1, 0.15) is 12.8 Å². The second-order valence-electron chi connectivity index (χ2n) is 5.05. The summed E-state index contributed by atoms with van der Waals surface area (Å²) in [6.45, 7) is 3.07. The van der Waals surface area contributed by atoms with Crippen molar-refractivity contribution in [2.45, 2.75) is 17.7 Å². The van der Waals surface area contributed by atoms with Gasteiger partial charge in [0.15, 0.2) is 5.82 Å². The molecule has 2 rings (SSSR count). The van der Waals surface area contributed by atoms with E-state index in [0.29, 0.717) is 28.4 Å². The van der Waals surface area contributed by atoms with Crippen LogP contribution in [-0.2, 0) is 11.4 Å². The predicted octanol–water partition coefficient (Wildman–Crippen LogP) is 2.31. The highest BCUT2D eigenvalue weighted by molar-refractivity contribution is 9.10. The molecule has 0 aliphatic heterocycles. The molecule has 0 fully saturated rings. The molecule has 1 atom stereocenters. The third kappa shape index (κ3) is 6.68. The highest BCUT2D eigenvalue weighted by Gasteiger charge is 2.21. The lowest BCUT2D eigenvalue weighted by Gasteiger charge is -2.13. The van der Waals surface area contributed by atoms with Gasteiger partial charge < -0.3 is 20.9 Å². The largest absolute Gasteiger partial charge is 0.588 e. The molecule has 0 spiro atoms. The van der Waals surface area contributed by atoms with Gasteiger partial charge in [-0.3, -0.25) is 0 Å². The number of hydrogen-bond acceptors (Lipinski definition) is 8. The van der Waals surface area contributed by atoms with Crippen molar-refractivity contribution in [1.82, 2.24) is 14.7 Å². The van der Waals surface area contributed by atoms with Gasteiger partial charge in [0.05, 0.1) is 5.69 Å². The van der Waals surface area contributed by atoms with Crippen LogP contribution in [0.15, 0.2) is 27.8 Å². The van der Waals surface area contributed by atoms with Crippen molar-refractivity contribution < 1.29 is 8.94 Å². The highest BCUT2D eigenvalue weighted by atomic mass is 79.9. The second-order valence-corrected chi connectivity index (χ2v) is 7.87. The SMILES string of the molecule is NCCNCCCCNc1cc(F)c([S+]([O-])Nc2ncns2)cc1Br. The minimum absolute atomic E-state index is 0.0543. The number of nitrogens with zero attached hydrogens (tertiary/aromatic N) is 2. The zero-order chi connectivity index (χ0) is 18.1. The lowest BCUT2D eigenvalue weighted by Crippen LogP contribution is -2.23. The molecule has 0 bridgehead atoms. The first-order chi connectivity index (χ1) is 12.1. The normalized spacial score (nSPS) is 12.2. The van der Waals surface area contributed by atoms with Crippen LogP contribution in [0.5, 0.6) is 0 Å². The maximum absolute atomic E-state index is 14.3. The first-order valence-electron chi connectivity index (χ1n) is 7.70. The van der Waals surface area contributed by atoms with Crippen molar-refractivity contribution in [3.63, 3.8) is 0 Å². The summed E-state index contributed by atoms with van der Waals surface area (Å²) in [4.78, 5) is 3.93. The van der Waals surface area contributed by atoms with Gasteiger partial charge in [-0.2, -0.15) is 9.10 Å². The van der Waals surface area contributed by atoms with Crippen molar-refractivity contribution in [3.05, 3.63) is 28.7 Å². The fourth-order valence-electron chi connectivity index (χ4n) is 1.98. The smallest absolute Gasteiger partial charge is 0.245 e. The lowest BCUT2D eigenvalue weighted by atomic mass is 10.2. The minimum Gasteiger partial charge on any atom is -0.588 e. The van der Waals surface area contributed by atoms with E-state index in [0.717, 1.165) is 37.5 Å². The number of anilines is 2. The van der Waals surface area contributed by atoms with E-state index < -0.39 is 17.2 Å². The van der Waals surface area contributed by atoms with Gasteiger partial charge in [-0.05, 0) is 35.3 Å². The van der Waals surface area contributed by atoms with Gasteiger partial charge >= 0.3 is 0 Å².